The largest absolute Gasteiger partial charge is 0.383 e. The van der Waals surface area contributed by atoms with Crippen molar-refractivity contribution in [2.75, 3.05) is 5.73 Å². The van der Waals surface area contributed by atoms with E-state index in [2.05, 4.69) is 10.1 Å². The monoisotopic (exact) mass is 188 g/mol. The fourth-order valence-electron chi connectivity index (χ4n) is 1.45. The molecule has 0 saturated heterocycles. The van der Waals surface area contributed by atoms with Crippen molar-refractivity contribution >= 4 is 5.82 Å². The van der Waals surface area contributed by atoms with Gasteiger partial charge in [-0.1, -0.05) is 0 Å². The number of hydrogen-bond acceptors (Lipinski definition) is 3. The molecule has 0 aliphatic rings. The highest BCUT2D eigenvalue weighted by atomic mass is 15.3. The minimum absolute atomic E-state index is 0.544. The summed E-state index contributed by atoms with van der Waals surface area (Å²) in [5, 5.41) is 4.19. The molecule has 0 aromatic carbocycles. The summed E-state index contributed by atoms with van der Waals surface area (Å²) < 4.78 is 1.90. The number of rotatable bonds is 2. The molecule has 2 N–H and O–H groups in total. The van der Waals surface area contributed by atoms with Gasteiger partial charge < -0.3 is 5.73 Å². The first-order valence-electron chi connectivity index (χ1n) is 4.55. The van der Waals surface area contributed by atoms with Crippen LogP contribution >= 0.6 is 0 Å². The van der Waals surface area contributed by atoms with Gasteiger partial charge in [-0.25, -0.2) is 4.98 Å². The predicted molar refractivity (Wildman–Crippen MR) is 55.5 cm³/mol. The van der Waals surface area contributed by atoms with Crippen LogP contribution in [0.2, 0.25) is 0 Å². The lowest BCUT2D eigenvalue weighted by Gasteiger charge is -2.06. The highest BCUT2D eigenvalue weighted by Gasteiger charge is 2.06. The third-order valence-corrected chi connectivity index (χ3v) is 2.13. The van der Waals surface area contributed by atoms with Crippen molar-refractivity contribution in [3.8, 4) is 11.3 Å². The Hall–Kier alpha value is -1.84. The van der Waals surface area contributed by atoms with Gasteiger partial charge in [-0.05, 0) is 25.1 Å². The molecule has 4 nitrogen and oxygen atoms in total. The SMILES string of the molecule is CCn1nccc1-c1cccnc1N. The van der Waals surface area contributed by atoms with E-state index in [1.54, 1.807) is 12.4 Å². The molecule has 2 heterocycles. The molecule has 0 unspecified atom stereocenters. The molecule has 0 saturated carbocycles. The van der Waals surface area contributed by atoms with Crippen LogP contribution < -0.4 is 5.73 Å². The molecule has 0 atom stereocenters. The Morgan fingerprint density at radius 2 is 2.21 bits per heavy atom. The first-order chi connectivity index (χ1) is 6.83. The Bertz CT molecular complexity index is 433. The van der Waals surface area contributed by atoms with Crippen molar-refractivity contribution < 1.29 is 0 Å². The van der Waals surface area contributed by atoms with E-state index < -0.39 is 0 Å². The number of anilines is 1. The quantitative estimate of drug-likeness (QED) is 0.777. The molecule has 0 fully saturated rings. The van der Waals surface area contributed by atoms with Gasteiger partial charge in [-0.2, -0.15) is 5.10 Å². The van der Waals surface area contributed by atoms with E-state index in [9.17, 15) is 0 Å². The first-order valence-corrected chi connectivity index (χ1v) is 4.55. The molecule has 2 aromatic rings. The lowest BCUT2D eigenvalue weighted by atomic mass is 10.2. The Kier molecular flexibility index (Phi) is 2.18. The molecular weight excluding hydrogens is 176 g/mol. The number of aromatic nitrogens is 3. The summed E-state index contributed by atoms with van der Waals surface area (Å²) in [7, 11) is 0. The second kappa shape index (κ2) is 3.49. The Balaban J connectivity index is 2.54. The molecule has 0 bridgehead atoms. The summed E-state index contributed by atoms with van der Waals surface area (Å²) in [6.45, 7) is 2.87. The van der Waals surface area contributed by atoms with Gasteiger partial charge >= 0.3 is 0 Å². The minimum Gasteiger partial charge on any atom is -0.383 e. The first kappa shape index (κ1) is 8.74. The van der Waals surface area contributed by atoms with Gasteiger partial charge in [0, 0.05) is 24.5 Å². The van der Waals surface area contributed by atoms with Crippen LogP contribution in [0.15, 0.2) is 30.6 Å². The van der Waals surface area contributed by atoms with Crippen LogP contribution in [-0.2, 0) is 6.54 Å². The zero-order valence-electron chi connectivity index (χ0n) is 8.01. The summed E-state index contributed by atoms with van der Waals surface area (Å²) in [5.41, 5.74) is 7.73. The lowest BCUT2D eigenvalue weighted by Crippen LogP contribution is -2.01. The van der Waals surface area contributed by atoms with Gasteiger partial charge in [0.15, 0.2) is 0 Å². The third kappa shape index (κ3) is 1.35. The molecular formula is C10H12N4. The van der Waals surface area contributed by atoms with Crippen molar-refractivity contribution in [2.45, 2.75) is 13.5 Å². The maximum Gasteiger partial charge on any atom is 0.132 e. The molecule has 0 aliphatic heterocycles. The van der Waals surface area contributed by atoms with Gasteiger partial charge in [-0.3, -0.25) is 4.68 Å². The van der Waals surface area contributed by atoms with E-state index in [1.165, 1.54) is 0 Å². The molecule has 0 amide bonds. The van der Waals surface area contributed by atoms with Crippen molar-refractivity contribution in [3.63, 3.8) is 0 Å². The fourth-order valence-corrected chi connectivity index (χ4v) is 1.45. The summed E-state index contributed by atoms with van der Waals surface area (Å²) in [6, 6.07) is 5.76. The van der Waals surface area contributed by atoms with Crippen molar-refractivity contribution in [1.29, 1.82) is 0 Å². The third-order valence-electron chi connectivity index (χ3n) is 2.13. The number of aryl methyl sites for hydroxylation is 1. The van der Waals surface area contributed by atoms with Gasteiger partial charge in [-0.15, -0.1) is 0 Å². The summed E-state index contributed by atoms with van der Waals surface area (Å²) in [5.74, 6) is 0.544. The topological polar surface area (TPSA) is 56.7 Å². The molecule has 72 valence electrons. The summed E-state index contributed by atoms with van der Waals surface area (Å²) in [6.07, 6.45) is 3.46. The van der Waals surface area contributed by atoms with Crippen molar-refractivity contribution in [1.82, 2.24) is 14.8 Å². The van der Waals surface area contributed by atoms with E-state index in [4.69, 9.17) is 5.73 Å². The number of nitrogen functional groups attached to an aromatic ring is 1. The fraction of sp³-hybridized carbons (Fsp3) is 0.200. The average molecular weight is 188 g/mol. The Labute approximate surface area is 82.4 Å². The van der Waals surface area contributed by atoms with E-state index >= 15 is 0 Å². The normalized spacial score (nSPS) is 10.4. The van der Waals surface area contributed by atoms with Gasteiger partial charge in [0.25, 0.3) is 0 Å². The maximum atomic E-state index is 5.78. The highest BCUT2D eigenvalue weighted by Crippen LogP contribution is 2.22. The predicted octanol–water partition coefficient (Wildman–Crippen LogP) is 1.55. The number of hydrogen-bond donors (Lipinski definition) is 1. The Morgan fingerprint density at radius 1 is 1.36 bits per heavy atom. The second-order valence-electron chi connectivity index (χ2n) is 2.97. The molecule has 0 aliphatic carbocycles. The Morgan fingerprint density at radius 3 is 2.93 bits per heavy atom. The van der Waals surface area contributed by atoms with E-state index in [-0.39, 0.29) is 0 Å². The zero-order chi connectivity index (χ0) is 9.97. The maximum absolute atomic E-state index is 5.78. The molecule has 4 heteroatoms. The minimum atomic E-state index is 0.544. The average Bonchev–Trinajstić information content (AvgIpc) is 2.66. The zero-order valence-corrected chi connectivity index (χ0v) is 8.01. The van der Waals surface area contributed by atoms with Crippen LogP contribution in [-0.4, -0.2) is 14.8 Å². The van der Waals surface area contributed by atoms with Crippen molar-refractivity contribution in [2.24, 2.45) is 0 Å². The van der Waals surface area contributed by atoms with Crippen LogP contribution in [0.5, 0.6) is 0 Å². The van der Waals surface area contributed by atoms with Crippen LogP contribution in [0.25, 0.3) is 11.3 Å². The number of nitrogens with two attached hydrogens (primary N) is 1. The lowest BCUT2D eigenvalue weighted by molar-refractivity contribution is 0.667. The van der Waals surface area contributed by atoms with E-state index in [0.717, 1.165) is 17.8 Å². The smallest absolute Gasteiger partial charge is 0.132 e. The van der Waals surface area contributed by atoms with Crippen molar-refractivity contribution in [3.05, 3.63) is 30.6 Å². The number of nitrogens with zero attached hydrogens (tertiary/aromatic N) is 3. The van der Waals surface area contributed by atoms with E-state index in [1.807, 2.05) is 29.8 Å². The van der Waals surface area contributed by atoms with Gasteiger partial charge in [0.05, 0.1) is 5.69 Å². The van der Waals surface area contributed by atoms with Crippen LogP contribution in [0.4, 0.5) is 5.82 Å². The summed E-state index contributed by atoms with van der Waals surface area (Å²) >= 11 is 0. The molecule has 14 heavy (non-hydrogen) atoms. The molecule has 0 radical (unpaired) electrons. The highest BCUT2D eigenvalue weighted by molar-refractivity contribution is 5.70. The second-order valence-corrected chi connectivity index (χ2v) is 2.97. The van der Waals surface area contributed by atoms with Crippen LogP contribution in [0.3, 0.4) is 0 Å². The molecule has 0 spiro atoms. The molecule has 2 rings (SSSR count). The van der Waals surface area contributed by atoms with Gasteiger partial charge in [0.2, 0.25) is 0 Å². The summed E-state index contributed by atoms with van der Waals surface area (Å²) in [4.78, 5) is 4.05. The number of pyridine rings is 1. The molecule has 2 aromatic heterocycles. The standard InChI is InChI=1S/C10H12N4/c1-2-14-9(5-7-13-14)8-4-3-6-12-10(8)11/h3-7H,2H2,1H3,(H2,11,12). The van der Waals surface area contributed by atoms with Crippen LogP contribution in [0.1, 0.15) is 6.92 Å². The van der Waals surface area contributed by atoms with E-state index in [0.29, 0.717) is 5.82 Å². The van der Waals surface area contributed by atoms with Gasteiger partial charge in [0.1, 0.15) is 5.82 Å². The van der Waals surface area contributed by atoms with Crippen LogP contribution in [0, 0.1) is 0 Å².